The van der Waals surface area contributed by atoms with Gasteiger partial charge < -0.3 is 18.8 Å². The molecule has 1 fully saturated rings. The molecule has 1 aliphatic rings. The molecule has 1 amide bonds. The molecule has 1 aliphatic heterocycles. The lowest BCUT2D eigenvalue weighted by atomic mass is 9.97. The fourth-order valence-corrected chi connectivity index (χ4v) is 4.58. The SMILES string of the molecule is COc1ccc(-c2oc(C3CCN(C(=O)OCc4ccccc4)CC3)nc2-c2ccc(C(F)(F)F)cc2)cc1. The Kier molecular flexibility index (Phi) is 7.58. The highest BCUT2D eigenvalue weighted by Crippen LogP contribution is 2.39. The van der Waals surface area contributed by atoms with Gasteiger partial charge >= 0.3 is 12.3 Å². The monoisotopic (exact) mass is 536 g/mol. The number of carbonyl (C=O) groups excluding carboxylic acids is 1. The molecule has 6 nitrogen and oxygen atoms in total. The average molecular weight is 537 g/mol. The van der Waals surface area contributed by atoms with Gasteiger partial charge in [-0.15, -0.1) is 0 Å². The molecular formula is C30H27F3N2O4. The molecular weight excluding hydrogens is 509 g/mol. The van der Waals surface area contributed by atoms with Gasteiger partial charge in [0.25, 0.3) is 0 Å². The Bertz CT molecular complexity index is 1390. The van der Waals surface area contributed by atoms with Crippen LogP contribution in [0.15, 0.2) is 83.3 Å². The fraction of sp³-hybridized carbons (Fsp3) is 0.267. The number of hydrogen-bond donors (Lipinski definition) is 0. The summed E-state index contributed by atoms with van der Waals surface area (Å²) in [6, 6.07) is 21.6. The molecule has 0 radical (unpaired) electrons. The predicted molar refractivity (Wildman–Crippen MR) is 139 cm³/mol. The van der Waals surface area contributed by atoms with Gasteiger partial charge in [-0.1, -0.05) is 42.5 Å². The summed E-state index contributed by atoms with van der Waals surface area (Å²) < 4.78 is 56.3. The second-order valence-electron chi connectivity index (χ2n) is 9.33. The van der Waals surface area contributed by atoms with Crippen molar-refractivity contribution in [3.8, 4) is 28.3 Å². The number of alkyl halides is 3. The van der Waals surface area contributed by atoms with E-state index in [1.54, 1.807) is 24.1 Å². The van der Waals surface area contributed by atoms with Crippen LogP contribution in [0.1, 0.15) is 35.8 Å². The first-order chi connectivity index (χ1) is 18.8. The van der Waals surface area contributed by atoms with E-state index in [-0.39, 0.29) is 18.6 Å². The molecule has 5 rings (SSSR count). The molecule has 1 saturated heterocycles. The lowest BCUT2D eigenvalue weighted by Gasteiger charge is -2.29. The van der Waals surface area contributed by atoms with Crippen molar-refractivity contribution in [2.75, 3.05) is 20.2 Å². The van der Waals surface area contributed by atoms with Crippen molar-refractivity contribution in [2.45, 2.75) is 31.5 Å². The first-order valence-electron chi connectivity index (χ1n) is 12.6. The third-order valence-corrected chi connectivity index (χ3v) is 6.79. The van der Waals surface area contributed by atoms with Gasteiger partial charge in [0.1, 0.15) is 18.1 Å². The Balaban J connectivity index is 1.34. The van der Waals surface area contributed by atoms with Gasteiger partial charge in [-0.25, -0.2) is 9.78 Å². The highest BCUT2D eigenvalue weighted by molar-refractivity contribution is 5.77. The Morgan fingerprint density at radius 3 is 2.21 bits per heavy atom. The smallest absolute Gasteiger partial charge is 0.416 e. The van der Waals surface area contributed by atoms with E-state index in [0.29, 0.717) is 54.6 Å². The number of likely N-dealkylation sites (tertiary alicyclic amines) is 1. The average Bonchev–Trinajstić information content (AvgIpc) is 3.42. The molecule has 0 saturated carbocycles. The van der Waals surface area contributed by atoms with Crippen molar-refractivity contribution in [2.24, 2.45) is 0 Å². The summed E-state index contributed by atoms with van der Waals surface area (Å²) in [5, 5.41) is 0. The van der Waals surface area contributed by atoms with Crippen LogP contribution in [0.3, 0.4) is 0 Å². The van der Waals surface area contributed by atoms with Crippen LogP contribution in [-0.2, 0) is 17.5 Å². The molecule has 1 aromatic heterocycles. The standard InChI is InChI=1S/C30H27F3N2O4/c1-37-25-13-9-22(10-14-25)27-26(21-7-11-24(12-8-21)30(31,32)33)34-28(39-27)23-15-17-35(18-16-23)29(36)38-19-20-5-3-2-4-6-20/h2-14,23H,15-19H2,1H3. The zero-order chi connectivity index (χ0) is 27.4. The van der Waals surface area contributed by atoms with E-state index in [9.17, 15) is 18.0 Å². The fourth-order valence-electron chi connectivity index (χ4n) is 4.58. The van der Waals surface area contributed by atoms with E-state index in [2.05, 4.69) is 0 Å². The molecule has 0 aliphatic carbocycles. The summed E-state index contributed by atoms with van der Waals surface area (Å²) in [6.07, 6.45) is -3.55. The van der Waals surface area contributed by atoms with Gasteiger partial charge in [0.2, 0.25) is 0 Å². The third kappa shape index (κ3) is 6.08. The lowest BCUT2D eigenvalue weighted by Crippen LogP contribution is -2.38. The molecule has 0 N–H and O–H groups in total. The summed E-state index contributed by atoms with van der Waals surface area (Å²) >= 11 is 0. The van der Waals surface area contributed by atoms with Gasteiger partial charge in [-0.2, -0.15) is 13.2 Å². The van der Waals surface area contributed by atoms with Crippen molar-refractivity contribution in [1.82, 2.24) is 9.88 Å². The minimum atomic E-state index is -4.43. The maximum Gasteiger partial charge on any atom is 0.416 e. The number of oxazole rings is 1. The second kappa shape index (κ2) is 11.2. The minimum absolute atomic E-state index is 0.0524. The Hall–Kier alpha value is -4.27. The summed E-state index contributed by atoms with van der Waals surface area (Å²) in [5.41, 5.74) is 1.90. The number of carbonyl (C=O) groups is 1. The minimum Gasteiger partial charge on any atom is -0.497 e. The van der Waals surface area contributed by atoms with Crippen LogP contribution in [0.2, 0.25) is 0 Å². The molecule has 2 heterocycles. The quantitative estimate of drug-likeness (QED) is 0.255. The topological polar surface area (TPSA) is 64.8 Å². The van der Waals surface area contributed by atoms with Crippen LogP contribution >= 0.6 is 0 Å². The van der Waals surface area contributed by atoms with Gasteiger partial charge in [0.15, 0.2) is 11.7 Å². The summed E-state index contributed by atoms with van der Waals surface area (Å²) in [4.78, 5) is 19.0. The number of rotatable bonds is 6. The molecule has 3 aromatic carbocycles. The molecule has 39 heavy (non-hydrogen) atoms. The number of nitrogens with zero attached hydrogens (tertiary/aromatic N) is 2. The molecule has 0 unspecified atom stereocenters. The van der Waals surface area contributed by atoms with Crippen LogP contribution in [0.5, 0.6) is 5.75 Å². The summed E-state index contributed by atoms with van der Waals surface area (Å²) in [7, 11) is 1.57. The van der Waals surface area contributed by atoms with Crippen molar-refractivity contribution in [3.05, 3.63) is 95.9 Å². The molecule has 202 valence electrons. The van der Waals surface area contributed by atoms with Gasteiger partial charge in [0, 0.05) is 30.1 Å². The molecule has 0 spiro atoms. The van der Waals surface area contributed by atoms with Crippen LogP contribution in [0.25, 0.3) is 22.6 Å². The number of benzene rings is 3. The van der Waals surface area contributed by atoms with Gasteiger partial charge in [0.05, 0.1) is 12.7 Å². The number of halogens is 3. The van der Waals surface area contributed by atoms with Crippen LogP contribution in [-0.4, -0.2) is 36.2 Å². The zero-order valence-electron chi connectivity index (χ0n) is 21.3. The maximum absolute atomic E-state index is 13.1. The van der Waals surface area contributed by atoms with E-state index in [4.69, 9.17) is 18.9 Å². The number of ether oxygens (including phenoxy) is 2. The summed E-state index contributed by atoms with van der Waals surface area (Å²) in [6.45, 7) is 1.17. The number of piperidine rings is 1. The summed E-state index contributed by atoms with van der Waals surface area (Å²) in [5.74, 6) is 1.58. The van der Waals surface area contributed by atoms with Crippen LogP contribution in [0, 0.1) is 0 Å². The highest BCUT2D eigenvalue weighted by Gasteiger charge is 2.32. The largest absolute Gasteiger partial charge is 0.497 e. The van der Waals surface area contributed by atoms with Crippen molar-refractivity contribution in [3.63, 3.8) is 0 Å². The number of hydrogen-bond acceptors (Lipinski definition) is 5. The van der Waals surface area contributed by atoms with Gasteiger partial charge in [-0.05, 0) is 54.8 Å². The molecule has 4 aromatic rings. The van der Waals surface area contributed by atoms with Crippen molar-refractivity contribution in [1.29, 1.82) is 0 Å². The molecule has 9 heteroatoms. The van der Waals surface area contributed by atoms with Crippen LogP contribution in [0.4, 0.5) is 18.0 Å². The number of methoxy groups -OCH3 is 1. The first kappa shape index (κ1) is 26.3. The Morgan fingerprint density at radius 2 is 1.59 bits per heavy atom. The van der Waals surface area contributed by atoms with E-state index in [1.807, 2.05) is 42.5 Å². The van der Waals surface area contributed by atoms with E-state index in [0.717, 1.165) is 23.3 Å². The predicted octanol–water partition coefficient (Wildman–Crippen LogP) is 7.55. The zero-order valence-corrected chi connectivity index (χ0v) is 21.3. The second-order valence-corrected chi connectivity index (χ2v) is 9.33. The third-order valence-electron chi connectivity index (χ3n) is 6.79. The Morgan fingerprint density at radius 1 is 0.949 bits per heavy atom. The first-order valence-corrected chi connectivity index (χ1v) is 12.6. The number of aromatic nitrogens is 1. The molecule has 0 atom stereocenters. The highest BCUT2D eigenvalue weighted by atomic mass is 19.4. The Labute approximate surface area is 224 Å². The normalized spacial score (nSPS) is 14.3. The van der Waals surface area contributed by atoms with E-state index in [1.165, 1.54) is 12.1 Å². The van der Waals surface area contributed by atoms with Crippen molar-refractivity contribution < 1.29 is 31.9 Å². The van der Waals surface area contributed by atoms with E-state index < -0.39 is 11.7 Å². The number of amides is 1. The van der Waals surface area contributed by atoms with E-state index >= 15 is 0 Å². The lowest BCUT2D eigenvalue weighted by molar-refractivity contribution is -0.137. The van der Waals surface area contributed by atoms with Gasteiger partial charge in [-0.3, -0.25) is 0 Å². The molecule has 0 bridgehead atoms. The van der Waals surface area contributed by atoms with Crippen molar-refractivity contribution >= 4 is 6.09 Å². The maximum atomic E-state index is 13.1. The van der Waals surface area contributed by atoms with Crippen LogP contribution < -0.4 is 4.74 Å².